The number of hydrogen-bond acceptors (Lipinski definition) is 1. The van der Waals surface area contributed by atoms with Crippen molar-refractivity contribution in [3.63, 3.8) is 0 Å². The molecule has 10 aromatic carbocycles. The summed E-state index contributed by atoms with van der Waals surface area (Å²) in [7, 11) is 0. The van der Waals surface area contributed by atoms with Gasteiger partial charge in [-0.3, -0.25) is 0 Å². The molecule has 0 aliphatic rings. The zero-order valence-electron chi connectivity index (χ0n) is 26.6. The van der Waals surface area contributed by atoms with Crippen molar-refractivity contribution in [2.24, 2.45) is 0 Å². The van der Waals surface area contributed by atoms with Crippen LogP contribution in [0.15, 0.2) is 174 Å². The van der Waals surface area contributed by atoms with Crippen LogP contribution in [0.4, 0.5) is 0 Å². The molecule has 0 amide bonds. The van der Waals surface area contributed by atoms with E-state index in [4.69, 9.17) is 4.42 Å². The molecule has 0 spiro atoms. The maximum atomic E-state index is 6.47. The summed E-state index contributed by atoms with van der Waals surface area (Å²) in [5, 5.41) is 17.4. The van der Waals surface area contributed by atoms with E-state index in [0.717, 1.165) is 21.9 Å². The van der Waals surface area contributed by atoms with E-state index < -0.39 is 0 Å². The lowest BCUT2D eigenvalue weighted by atomic mass is 9.82. The highest BCUT2D eigenvalue weighted by Crippen LogP contribution is 2.49. The van der Waals surface area contributed by atoms with Gasteiger partial charge in [0.15, 0.2) is 0 Å². The van der Waals surface area contributed by atoms with Crippen LogP contribution in [0.25, 0.3) is 109 Å². The Balaban J connectivity index is 1.35. The maximum absolute atomic E-state index is 6.47. The van der Waals surface area contributed by atoms with Gasteiger partial charge in [0, 0.05) is 10.8 Å². The van der Waals surface area contributed by atoms with Gasteiger partial charge in [0.05, 0.1) is 0 Å². The zero-order chi connectivity index (χ0) is 32.1. The Morgan fingerprint density at radius 3 is 1.43 bits per heavy atom. The van der Waals surface area contributed by atoms with E-state index in [0.29, 0.717) is 0 Å². The van der Waals surface area contributed by atoms with Gasteiger partial charge < -0.3 is 4.42 Å². The second-order valence-corrected chi connectivity index (χ2v) is 13.1. The Kier molecular flexibility index (Phi) is 5.45. The van der Waals surface area contributed by atoms with Crippen LogP contribution in [0.5, 0.6) is 0 Å². The van der Waals surface area contributed by atoms with Crippen molar-refractivity contribution in [1.82, 2.24) is 0 Å². The molecule has 0 bridgehead atoms. The lowest BCUT2D eigenvalue weighted by Crippen LogP contribution is -1.93. The molecule has 0 fully saturated rings. The van der Waals surface area contributed by atoms with Gasteiger partial charge in [0.25, 0.3) is 0 Å². The Morgan fingerprint density at radius 2 is 0.755 bits per heavy atom. The fourth-order valence-electron chi connectivity index (χ4n) is 8.57. The Bertz CT molecular complexity index is 3090. The predicted molar refractivity (Wildman–Crippen MR) is 210 cm³/mol. The largest absolute Gasteiger partial charge is 0.456 e. The molecule has 0 N–H and O–H groups in total. The van der Waals surface area contributed by atoms with Crippen LogP contribution in [0.2, 0.25) is 0 Å². The minimum atomic E-state index is 0.922. The second kappa shape index (κ2) is 10.0. The van der Waals surface area contributed by atoms with Crippen LogP contribution in [-0.2, 0) is 0 Å². The molecule has 1 aromatic heterocycles. The number of para-hydroxylation sites is 1. The van der Waals surface area contributed by atoms with E-state index in [1.165, 1.54) is 86.9 Å². The molecule has 1 heterocycles. The minimum Gasteiger partial charge on any atom is -0.456 e. The first-order chi connectivity index (χ1) is 24.3. The number of benzene rings is 10. The van der Waals surface area contributed by atoms with E-state index >= 15 is 0 Å². The van der Waals surface area contributed by atoms with Gasteiger partial charge in [0.2, 0.25) is 0 Å². The fourth-order valence-corrected chi connectivity index (χ4v) is 8.57. The van der Waals surface area contributed by atoms with Crippen molar-refractivity contribution in [2.45, 2.75) is 0 Å². The van der Waals surface area contributed by atoms with Gasteiger partial charge in [-0.25, -0.2) is 0 Å². The first-order valence-corrected chi connectivity index (χ1v) is 16.9. The maximum Gasteiger partial charge on any atom is 0.136 e. The zero-order valence-corrected chi connectivity index (χ0v) is 26.6. The smallest absolute Gasteiger partial charge is 0.136 e. The van der Waals surface area contributed by atoms with Crippen molar-refractivity contribution < 1.29 is 4.42 Å². The molecular formula is C48H28O. The van der Waals surface area contributed by atoms with Crippen molar-refractivity contribution in [2.75, 3.05) is 0 Å². The molecule has 1 nitrogen and oxygen atoms in total. The molecule has 0 radical (unpaired) electrons. The first-order valence-electron chi connectivity index (χ1n) is 16.9. The number of fused-ring (bicyclic) bond motifs is 13. The summed E-state index contributed by atoms with van der Waals surface area (Å²) in [6.45, 7) is 0. The highest BCUT2D eigenvalue weighted by molar-refractivity contribution is 6.36. The number of rotatable bonds is 2. The Labute approximate surface area is 282 Å². The van der Waals surface area contributed by atoms with Gasteiger partial charge in [-0.15, -0.1) is 0 Å². The van der Waals surface area contributed by atoms with E-state index in [-0.39, 0.29) is 0 Å². The normalized spacial score (nSPS) is 12.1. The van der Waals surface area contributed by atoms with Crippen molar-refractivity contribution in [3.05, 3.63) is 170 Å². The molecule has 1 heteroatoms. The van der Waals surface area contributed by atoms with E-state index in [9.17, 15) is 0 Å². The molecular weight excluding hydrogens is 593 g/mol. The molecule has 0 atom stereocenters. The van der Waals surface area contributed by atoms with Crippen LogP contribution in [-0.4, -0.2) is 0 Å². The predicted octanol–water partition coefficient (Wildman–Crippen LogP) is 13.8. The van der Waals surface area contributed by atoms with Crippen molar-refractivity contribution in [3.8, 4) is 22.3 Å². The molecule has 0 saturated carbocycles. The Hall–Kier alpha value is -6.44. The van der Waals surface area contributed by atoms with E-state index in [2.05, 4.69) is 164 Å². The van der Waals surface area contributed by atoms with E-state index in [1.807, 2.05) is 6.07 Å². The highest BCUT2D eigenvalue weighted by atomic mass is 16.3. The summed E-state index contributed by atoms with van der Waals surface area (Å²) in [5.41, 5.74) is 6.90. The highest BCUT2D eigenvalue weighted by Gasteiger charge is 2.21. The molecule has 0 unspecified atom stereocenters. The van der Waals surface area contributed by atoms with Gasteiger partial charge >= 0.3 is 0 Å². The number of furan rings is 1. The van der Waals surface area contributed by atoms with Crippen molar-refractivity contribution >= 4 is 86.6 Å². The topological polar surface area (TPSA) is 13.1 Å². The van der Waals surface area contributed by atoms with E-state index in [1.54, 1.807) is 0 Å². The van der Waals surface area contributed by atoms with Crippen LogP contribution in [0, 0.1) is 0 Å². The SMILES string of the molecule is c1ccc(-c2c3ccccc3c(-c3cc4c5ccccc5c5cc6c(cc5c4c4ccccc34)oc3ccccc36)c3ccccc23)cc1. The molecule has 0 aliphatic carbocycles. The van der Waals surface area contributed by atoms with Crippen LogP contribution in [0.1, 0.15) is 0 Å². The van der Waals surface area contributed by atoms with Gasteiger partial charge in [-0.05, 0) is 111 Å². The minimum absolute atomic E-state index is 0.922. The number of hydrogen-bond donors (Lipinski definition) is 0. The average molecular weight is 621 g/mol. The standard InChI is InChI=1S/C48H28O/c1-2-14-29(15-3-1)46-35-21-8-10-23-37(35)47(38-24-11-9-22-36(38)46)42-27-41-31-17-5-4-16-30(31)39-26-40-33-19-12-13-25-44(33)49-45(40)28-43(39)48(41)34-20-7-6-18-32(34)42/h1-28H. The third-order valence-electron chi connectivity index (χ3n) is 10.6. The molecule has 11 aromatic rings. The van der Waals surface area contributed by atoms with Crippen LogP contribution < -0.4 is 0 Å². The molecule has 226 valence electrons. The fraction of sp³-hybridized carbons (Fsp3) is 0. The van der Waals surface area contributed by atoms with Gasteiger partial charge in [-0.2, -0.15) is 0 Å². The molecule has 0 saturated heterocycles. The summed E-state index contributed by atoms with van der Waals surface area (Å²) in [5.74, 6) is 0. The van der Waals surface area contributed by atoms with Crippen LogP contribution >= 0.6 is 0 Å². The van der Waals surface area contributed by atoms with Crippen molar-refractivity contribution in [1.29, 1.82) is 0 Å². The third-order valence-corrected chi connectivity index (χ3v) is 10.6. The summed E-state index contributed by atoms with van der Waals surface area (Å²) >= 11 is 0. The monoisotopic (exact) mass is 620 g/mol. The molecule has 49 heavy (non-hydrogen) atoms. The average Bonchev–Trinajstić information content (AvgIpc) is 3.54. The third kappa shape index (κ3) is 3.70. The summed E-state index contributed by atoms with van der Waals surface area (Å²) in [4.78, 5) is 0. The summed E-state index contributed by atoms with van der Waals surface area (Å²) in [6.07, 6.45) is 0. The lowest BCUT2D eigenvalue weighted by molar-refractivity contribution is 0.669. The second-order valence-electron chi connectivity index (χ2n) is 13.1. The van der Waals surface area contributed by atoms with Gasteiger partial charge in [-0.1, -0.05) is 146 Å². The van der Waals surface area contributed by atoms with Crippen LogP contribution in [0.3, 0.4) is 0 Å². The summed E-state index contributed by atoms with van der Waals surface area (Å²) in [6, 6.07) is 62.1. The summed E-state index contributed by atoms with van der Waals surface area (Å²) < 4.78 is 6.47. The lowest BCUT2D eigenvalue weighted by Gasteiger charge is -2.20. The quantitative estimate of drug-likeness (QED) is 0.138. The molecule has 11 rings (SSSR count). The Morgan fingerprint density at radius 1 is 0.265 bits per heavy atom. The first kappa shape index (κ1) is 26.6. The molecule has 0 aliphatic heterocycles. The van der Waals surface area contributed by atoms with Gasteiger partial charge in [0.1, 0.15) is 11.2 Å².